The molecule has 2 heterocycles. The highest BCUT2D eigenvalue weighted by molar-refractivity contribution is 6.40. The van der Waals surface area contributed by atoms with Gasteiger partial charge in [0.15, 0.2) is 0 Å². The molecule has 0 aliphatic carbocycles. The van der Waals surface area contributed by atoms with Crippen molar-refractivity contribution < 1.29 is 41.0 Å². The molecule has 0 aromatic heterocycles. The fourth-order valence-electron chi connectivity index (χ4n) is 3.86. The fraction of sp³-hybridized carbons (Fsp3) is 1.00. The first-order chi connectivity index (χ1) is 13.7. The molecule has 0 unspecified atom stereocenters. The molecule has 0 atom stereocenters. The van der Waals surface area contributed by atoms with Crippen LogP contribution in [0.15, 0.2) is 0 Å². The molecule has 2 fully saturated rings. The molecule has 4 nitrogen and oxygen atoms in total. The van der Waals surface area contributed by atoms with Crippen molar-refractivity contribution in [1.82, 2.24) is 0 Å². The lowest BCUT2D eigenvalue weighted by molar-refractivity contribution is -0.897. The fourth-order valence-corrected chi connectivity index (χ4v) is 3.86. The molecule has 10 heteroatoms. The van der Waals surface area contributed by atoms with E-state index in [9.17, 15) is 22.0 Å². The molecular weight excluding hydrogens is 406 g/mol. The van der Waals surface area contributed by atoms with Crippen LogP contribution in [0.2, 0.25) is 0 Å². The Morgan fingerprint density at radius 3 is 1.17 bits per heavy atom. The van der Waals surface area contributed by atoms with Gasteiger partial charge in [-0.1, -0.05) is 26.7 Å². The second kappa shape index (κ2) is 13.2. The largest absolute Gasteiger partial charge is 0.889 e. The lowest BCUT2D eigenvalue weighted by atomic mass is 9.80. The minimum absolute atomic E-state index is 1.36. The van der Waals surface area contributed by atoms with Crippen molar-refractivity contribution in [3.63, 3.8) is 0 Å². The van der Waals surface area contributed by atoms with E-state index in [-0.39, 0.29) is 0 Å². The number of nitrogens with zero attached hydrogens (tertiary/aromatic N) is 2. The van der Waals surface area contributed by atoms with Gasteiger partial charge < -0.3 is 19.0 Å². The lowest BCUT2D eigenvalue weighted by Crippen LogP contribution is -2.65. The number of quaternary nitrogens is 2. The van der Waals surface area contributed by atoms with Crippen molar-refractivity contribution in [2.24, 2.45) is 0 Å². The molecule has 0 bridgehead atoms. The molecule has 0 N–H and O–H groups in total. The molecule has 0 aromatic rings. The summed E-state index contributed by atoms with van der Waals surface area (Å²) in [6.07, 6.45) is 5.33. The first kappa shape index (κ1) is 29.6. The van der Waals surface area contributed by atoms with Gasteiger partial charge in [-0.25, -0.2) is 8.78 Å². The molecule has 0 aromatic carbocycles. The molecule has 180 valence electrons. The lowest BCUT2D eigenvalue weighted by Gasteiger charge is -2.36. The van der Waals surface area contributed by atoms with Gasteiger partial charge >= 0.3 is 6.18 Å². The number of alkyl halides is 5. The van der Waals surface area contributed by atoms with Crippen LogP contribution in [0.25, 0.3) is 0 Å². The van der Waals surface area contributed by atoms with Gasteiger partial charge in [0.1, 0.15) is 0 Å². The molecule has 0 spiro atoms. The Hall–Kier alpha value is -0.445. The summed E-state index contributed by atoms with van der Waals surface area (Å²) >= 11 is 0. The normalized spacial score (nSPS) is 20.1. The highest BCUT2D eigenvalue weighted by Crippen LogP contribution is 2.34. The quantitative estimate of drug-likeness (QED) is 0.343. The average molecular weight is 446 g/mol. The van der Waals surface area contributed by atoms with E-state index in [4.69, 9.17) is 10.0 Å². The summed E-state index contributed by atoms with van der Waals surface area (Å²) in [6.45, 7) is 13.1. The molecule has 0 saturated carbocycles. The van der Waals surface area contributed by atoms with Gasteiger partial charge in [-0.2, -0.15) is 13.2 Å². The highest BCUT2D eigenvalue weighted by Gasteiger charge is 2.53. The van der Waals surface area contributed by atoms with E-state index >= 15 is 0 Å². The van der Waals surface area contributed by atoms with E-state index in [1.165, 1.54) is 99.6 Å². The van der Waals surface area contributed by atoms with Gasteiger partial charge in [-0.05, 0) is 20.0 Å². The van der Waals surface area contributed by atoms with Crippen LogP contribution in [-0.2, 0) is 0 Å². The SMILES string of the molecule is CCCC[N+]1(C)CCCC1.CCCC[N+]1(C)CCCC1.[O-]B([O-])C(F)(F)C(F)(F)F. The predicted molar refractivity (Wildman–Crippen MR) is 107 cm³/mol. The van der Waals surface area contributed by atoms with Crippen molar-refractivity contribution in [2.75, 3.05) is 53.4 Å². The number of unbranched alkanes of at least 4 members (excludes halogenated alkanes) is 2. The smallest absolute Gasteiger partial charge is 0.440 e. The second-order valence-electron chi connectivity index (χ2n) is 9.15. The summed E-state index contributed by atoms with van der Waals surface area (Å²) < 4.78 is 58.1. The maximum atomic E-state index is 11.3. The van der Waals surface area contributed by atoms with Gasteiger partial charge in [0.05, 0.1) is 53.4 Å². The minimum atomic E-state index is -6.04. The van der Waals surface area contributed by atoms with Crippen molar-refractivity contribution in [2.45, 2.75) is 77.2 Å². The van der Waals surface area contributed by atoms with Crippen LogP contribution < -0.4 is 10.0 Å². The zero-order valence-electron chi connectivity index (χ0n) is 19.1. The summed E-state index contributed by atoms with van der Waals surface area (Å²) in [7, 11) is 0.609. The summed E-state index contributed by atoms with van der Waals surface area (Å²) in [6, 6.07) is 0. The van der Waals surface area contributed by atoms with Crippen molar-refractivity contribution in [1.29, 1.82) is 0 Å². The maximum absolute atomic E-state index is 11.3. The van der Waals surface area contributed by atoms with Crippen LogP contribution >= 0.6 is 0 Å². The standard InChI is InChI=1S/2C9H20N.C2BF5O2/c2*1-3-4-7-10(2)8-5-6-9-10;4-1(5,3(9)10)2(6,7)8/h2*3-9H2,1-2H3;/q2*+1;-2. The van der Waals surface area contributed by atoms with Gasteiger partial charge in [-0.3, -0.25) is 0 Å². The number of hydrogen-bond acceptors (Lipinski definition) is 2. The van der Waals surface area contributed by atoms with E-state index in [1.807, 2.05) is 0 Å². The van der Waals surface area contributed by atoms with E-state index in [0.29, 0.717) is 0 Å². The van der Waals surface area contributed by atoms with Gasteiger partial charge in [-0.15, -0.1) is 0 Å². The van der Waals surface area contributed by atoms with Crippen LogP contribution in [0.5, 0.6) is 0 Å². The molecule has 0 amide bonds. The Kier molecular flexibility index (Phi) is 13.0. The number of likely N-dealkylation sites (tertiary alicyclic amines) is 2. The third-order valence-electron chi connectivity index (χ3n) is 6.07. The molecule has 30 heavy (non-hydrogen) atoms. The van der Waals surface area contributed by atoms with E-state index in [1.54, 1.807) is 0 Å². The van der Waals surface area contributed by atoms with Crippen LogP contribution in [0.4, 0.5) is 22.0 Å². The molecule has 2 rings (SSSR count). The Morgan fingerprint density at radius 2 is 1.00 bits per heavy atom. The first-order valence-corrected chi connectivity index (χ1v) is 11.2. The van der Waals surface area contributed by atoms with Crippen molar-refractivity contribution >= 4 is 7.12 Å². The zero-order valence-corrected chi connectivity index (χ0v) is 19.1. The van der Waals surface area contributed by atoms with Crippen molar-refractivity contribution in [3.05, 3.63) is 0 Å². The molecule has 2 aliphatic rings. The van der Waals surface area contributed by atoms with Crippen molar-refractivity contribution in [3.8, 4) is 0 Å². The molecule has 2 aliphatic heterocycles. The predicted octanol–water partition coefficient (Wildman–Crippen LogP) is 2.99. The Labute approximate surface area is 179 Å². The third kappa shape index (κ3) is 10.7. The highest BCUT2D eigenvalue weighted by atomic mass is 19.4. The summed E-state index contributed by atoms with van der Waals surface area (Å²) in [5.41, 5.74) is 0. The monoisotopic (exact) mass is 446 g/mol. The maximum Gasteiger partial charge on any atom is 0.440 e. The Bertz CT molecular complexity index is 427. The summed E-state index contributed by atoms with van der Waals surface area (Å²) in [4.78, 5) is 0. The summed E-state index contributed by atoms with van der Waals surface area (Å²) in [5, 5.41) is 18.3. The van der Waals surface area contributed by atoms with E-state index in [0.717, 1.165) is 0 Å². The van der Waals surface area contributed by atoms with E-state index < -0.39 is 19.1 Å². The van der Waals surface area contributed by atoms with Crippen LogP contribution in [-0.4, -0.2) is 81.4 Å². The topological polar surface area (TPSA) is 46.1 Å². The summed E-state index contributed by atoms with van der Waals surface area (Å²) in [5.74, 6) is -5.67. The average Bonchev–Trinajstić information content (AvgIpc) is 3.28. The van der Waals surface area contributed by atoms with Crippen LogP contribution in [0.3, 0.4) is 0 Å². The minimum Gasteiger partial charge on any atom is -0.889 e. The van der Waals surface area contributed by atoms with Crippen LogP contribution in [0.1, 0.15) is 65.2 Å². The Balaban J connectivity index is 0.000000420. The van der Waals surface area contributed by atoms with Crippen LogP contribution in [0, 0.1) is 0 Å². The number of rotatable bonds is 7. The third-order valence-corrected chi connectivity index (χ3v) is 6.07. The van der Waals surface area contributed by atoms with Gasteiger partial charge in [0, 0.05) is 25.7 Å². The van der Waals surface area contributed by atoms with Gasteiger partial charge in [0.2, 0.25) is 0 Å². The number of hydrogen-bond donors (Lipinski definition) is 0. The first-order valence-electron chi connectivity index (χ1n) is 11.2. The van der Waals surface area contributed by atoms with E-state index in [2.05, 4.69) is 27.9 Å². The molecule has 0 radical (unpaired) electrons. The zero-order chi connectivity index (χ0) is 23.5. The second-order valence-corrected chi connectivity index (χ2v) is 9.15. The van der Waals surface area contributed by atoms with Gasteiger partial charge in [0.25, 0.3) is 5.82 Å². The Morgan fingerprint density at radius 1 is 0.700 bits per heavy atom. The number of halogens is 5. The molecule has 2 saturated heterocycles. The molecular formula is C20H40BF5N2O2.